The van der Waals surface area contributed by atoms with E-state index in [9.17, 15) is 9.59 Å². The second-order valence-corrected chi connectivity index (χ2v) is 5.35. The number of methoxy groups -OCH3 is 1. The minimum atomic E-state index is -0.629. The van der Waals surface area contributed by atoms with Crippen LogP contribution in [0.25, 0.3) is 0 Å². The van der Waals surface area contributed by atoms with Crippen molar-refractivity contribution in [3.05, 3.63) is 10.4 Å². The first-order chi connectivity index (χ1) is 7.52. The number of esters is 1. The fraction of sp³-hybridized carbons (Fsp3) is 0.333. The Kier molecular flexibility index (Phi) is 4.19. The number of thioether (sulfide) groups is 1. The number of rotatable bonds is 4. The highest BCUT2D eigenvalue weighted by atomic mass is 32.2. The lowest BCUT2D eigenvalue weighted by molar-refractivity contribution is 0.0599. The molecule has 88 valence electrons. The Bertz CT molecular complexity index is 429. The Labute approximate surface area is 101 Å². The maximum Gasteiger partial charge on any atom is 0.342 e. The van der Waals surface area contributed by atoms with Crippen LogP contribution in [0, 0.1) is 0 Å². The van der Waals surface area contributed by atoms with Gasteiger partial charge in [-0.05, 0) is 5.75 Å². The molecule has 16 heavy (non-hydrogen) atoms. The maximum absolute atomic E-state index is 11.5. The summed E-state index contributed by atoms with van der Waals surface area (Å²) in [4.78, 5) is 22.8. The zero-order chi connectivity index (χ0) is 12.3. The summed E-state index contributed by atoms with van der Waals surface area (Å²) in [5, 5.41) is 0. The third kappa shape index (κ3) is 2.30. The van der Waals surface area contributed by atoms with E-state index < -0.39 is 11.9 Å². The van der Waals surface area contributed by atoms with Gasteiger partial charge in [-0.1, -0.05) is 6.92 Å². The van der Waals surface area contributed by atoms with Crippen LogP contribution < -0.4 is 11.5 Å². The summed E-state index contributed by atoms with van der Waals surface area (Å²) < 4.78 is 5.29. The van der Waals surface area contributed by atoms with Crippen molar-refractivity contribution in [1.82, 2.24) is 0 Å². The lowest BCUT2D eigenvalue weighted by Gasteiger charge is -2.01. The standard InChI is InChI=1S/C9H12N2O3S2/c1-3-15-9-4(8(13)14-2)5(10)6(16-9)7(11)12/h3,10H2,1-2H3,(H2,11,12). The summed E-state index contributed by atoms with van der Waals surface area (Å²) >= 11 is 2.55. The van der Waals surface area contributed by atoms with E-state index in [1.165, 1.54) is 18.9 Å². The summed E-state index contributed by atoms with van der Waals surface area (Å²) in [5.41, 5.74) is 11.2. The highest BCUT2D eigenvalue weighted by Gasteiger charge is 2.24. The predicted octanol–water partition coefficient (Wildman–Crippen LogP) is 1.33. The molecule has 0 fully saturated rings. The second kappa shape index (κ2) is 5.22. The topological polar surface area (TPSA) is 95.4 Å². The molecule has 0 aliphatic heterocycles. The van der Waals surface area contributed by atoms with Crippen molar-refractivity contribution < 1.29 is 14.3 Å². The Morgan fingerprint density at radius 2 is 2.12 bits per heavy atom. The Morgan fingerprint density at radius 1 is 1.50 bits per heavy atom. The molecule has 0 bridgehead atoms. The van der Waals surface area contributed by atoms with Gasteiger partial charge in [0, 0.05) is 0 Å². The highest BCUT2D eigenvalue weighted by Crippen LogP contribution is 2.38. The Morgan fingerprint density at radius 3 is 2.56 bits per heavy atom. The van der Waals surface area contributed by atoms with Gasteiger partial charge in [-0.2, -0.15) is 0 Å². The van der Waals surface area contributed by atoms with Gasteiger partial charge in [0.25, 0.3) is 5.91 Å². The molecule has 1 amide bonds. The quantitative estimate of drug-likeness (QED) is 0.629. The smallest absolute Gasteiger partial charge is 0.342 e. The Balaban J connectivity index is 3.31. The minimum Gasteiger partial charge on any atom is -0.465 e. The summed E-state index contributed by atoms with van der Waals surface area (Å²) in [5.74, 6) is -0.407. The van der Waals surface area contributed by atoms with E-state index in [1.807, 2.05) is 6.92 Å². The SMILES string of the molecule is CCSc1sc(C(N)=O)c(N)c1C(=O)OC. The van der Waals surface area contributed by atoms with Crippen molar-refractivity contribution in [2.45, 2.75) is 11.1 Å². The predicted molar refractivity (Wildman–Crippen MR) is 65.0 cm³/mol. The van der Waals surface area contributed by atoms with Gasteiger partial charge < -0.3 is 16.2 Å². The molecular weight excluding hydrogens is 248 g/mol. The van der Waals surface area contributed by atoms with Gasteiger partial charge >= 0.3 is 5.97 Å². The molecule has 1 heterocycles. The van der Waals surface area contributed by atoms with E-state index in [0.29, 0.717) is 4.21 Å². The number of carbonyl (C=O) groups excluding carboxylic acids is 2. The van der Waals surface area contributed by atoms with Gasteiger partial charge in [0.15, 0.2) is 0 Å². The van der Waals surface area contributed by atoms with E-state index in [4.69, 9.17) is 11.5 Å². The number of hydrogen-bond acceptors (Lipinski definition) is 6. The molecule has 0 radical (unpaired) electrons. The van der Waals surface area contributed by atoms with Crippen LogP contribution in [0.2, 0.25) is 0 Å². The molecule has 1 aromatic heterocycles. The Hall–Kier alpha value is -1.21. The lowest BCUT2D eigenvalue weighted by atomic mass is 10.2. The van der Waals surface area contributed by atoms with E-state index >= 15 is 0 Å². The zero-order valence-corrected chi connectivity index (χ0v) is 10.5. The monoisotopic (exact) mass is 260 g/mol. The van der Waals surface area contributed by atoms with Crippen LogP contribution in [0.1, 0.15) is 27.0 Å². The van der Waals surface area contributed by atoms with Crippen LogP contribution in [0.3, 0.4) is 0 Å². The molecule has 0 aromatic carbocycles. The van der Waals surface area contributed by atoms with Gasteiger partial charge in [-0.3, -0.25) is 4.79 Å². The number of carbonyl (C=O) groups is 2. The molecule has 0 atom stereocenters. The van der Waals surface area contributed by atoms with Crippen molar-refractivity contribution in [2.24, 2.45) is 5.73 Å². The first-order valence-corrected chi connectivity index (χ1v) is 6.26. The molecule has 0 saturated carbocycles. The van der Waals surface area contributed by atoms with Crippen molar-refractivity contribution in [2.75, 3.05) is 18.6 Å². The van der Waals surface area contributed by atoms with Crippen molar-refractivity contribution in [3.63, 3.8) is 0 Å². The average molecular weight is 260 g/mol. The third-order valence-corrected chi connectivity index (χ3v) is 4.17. The summed E-state index contributed by atoms with van der Waals surface area (Å²) in [6.07, 6.45) is 0. The van der Waals surface area contributed by atoms with Crippen LogP contribution >= 0.6 is 23.1 Å². The molecule has 5 nitrogen and oxygen atoms in total. The summed E-state index contributed by atoms with van der Waals surface area (Å²) in [6, 6.07) is 0. The zero-order valence-electron chi connectivity index (χ0n) is 8.90. The van der Waals surface area contributed by atoms with E-state index in [2.05, 4.69) is 4.74 Å². The average Bonchev–Trinajstić information content (AvgIpc) is 2.55. The molecule has 7 heteroatoms. The maximum atomic E-state index is 11.5. The number of hydrogen-bond donors (Lipinski definition) is 2. The third-order valence-electron chi connectivity index (χ3n) is 1.80. The molecule has 0 saturated heterocycles. The minimum absolute atomic E-state index is 0.111. The molecule has 1 aromatic rings. The van der Waals surface area contributed by atoms with Crippen LogP contribution in [0.4, 0.5) is 5.69 Å². The fourth-order valence-corrected chi connectivity index (χ4v) is 3.37. The number of nitrogen functional groups attached to an aromatic ring is 1. The molecular formula is C9H12N2O3S2. The molecule has 0 unspecified atom stereocenters. The van der Waals surface area contributed by atoms with E-state index in [-0.39, 0.29) is 16.1 Å². The normalized spacial score (nSPS) is 10.1. The van der Waals surface area contributed by atoms with Gasteiger partial charge in [-0.25, -0.2) is 4.79 Å². The van der Waals surface area contributed by atoms with Crippen molar-refractivity contribution >= 4 is 40.7 Å². The van der Waals surface area contributed by atoms with Gasteiger partial charge in [0.2, 0.25) is 0 Å². The second-order valence-electron chi connectivity index (χ2n) is 2.80. The largest absolute Gasteiger partial charge is 0.465 e. The number of primary amides is 1. The van der Waals surface area contributed by atoms with Gasteiger partial charge in [0.1, 0.15) is 10.4 Å². The molecule has 1 rings (SSSR count). The van der Waals surface area contributed by atoms with E-state index in [1.54, 1.807) is 0 Å². The first kappa shape index (κ1) is 12.9. The van der Waals surface area contributed by atoms with Crippen LogP contribution in [0.15, 0.2) is 4.21 Å². The number of ether oxygens (including phenoxy) is 1. The van der Waals surface area contributed by atoms with Crippen molar-refractivity contribution in [1.29, 1.82) is 0 Å². The number of anilines is 1. The number of nitrogens with two attached hydrogens (primary N) is 2. The van der Waals surface area contributed by atoms with Crippen LogP contribution in [-0.2, 0) is 4.74 Å². The lowest BCUT2D eigenvalue weighted by Crippen LogP contribution is -2.12. The molecule has 0 aliphatic carbocycles. The van der Waals surface area contributed by atoms with E-state index in [0.717, 1.165) is 17.1 Å². The van der Waals surface area contributed by atoms with Gasteiger partial charge in [-0.15, -0.1) is 23.1 Å². The molecule has 0 spiro atoms. The first-order valence-electron chi connectivity index (χ1n) is 4.46. The molecule has 0 aliphatic rings. The highest BCUT2D eigenvalue weighted by molar-refractivity contribution is 8.01. The number of amides is 1. The fourth-order valence-electron chi connectivity index (χ4n) is 1.13. The summed E-state index contributed by atoms with van der Waals surface area (Å²) in [7, 11) is 1.27. The van der Waals surface area contributed by atoms with Crippen molar-refractivity contribution in [3.8, 4) is 0 Å². The van der Waals surface area contributed by atoms with Gasteiger partial charge in [0.05, 0.1) is 17.0 Å². The van der Waals surface area contributed by atoms with Crippen LogP contribution in [0.5, 0.6) is 0 Å². The number of thiophene rings is 1. The van der Waals surface area contributed by atoms with Crippen LogP contribution in [-0.4, -0.2) is 24.7 Å². The summed E-state index contributed by atoms with van der Waals surface area (Å²) in [6.45, 7) is 1.94. The molecule has 4 N–H and O–H groups in total.